The first-order chi connectivity index (χ1) is 23.9. The molecule has 3 aliphatic rings. The number of anilines is 3. The van der Waals surface area contributed by atoms with Crippen LogP contribution < -0.4 is 30.3 Å². The summed E-state index contributed by atoms with van der Waals surface area (Å²) in [5.41, 5.74) is 7.95. The maximum Gasteiger partial charge on any atom is 0.429 e. The van der Waals surface area contributed by atoms with E-state index in [1.807, 2.05) is 47.9 Å². The number of nitrogens with two attached hydrogens (primary N) is 1. The van der Waals surface area contributed by atoms with Crippen LogP contribution in [0.15, 0.2) is 48.5 Å². The first-order valence-corrected chi connectivity index (χ1v) is 17.2. The molecular formula is C36H45F3N6O5. The molecule has 14 heteroatoms. The molecule has 0 saturated carbocycles. The second kappa shape index (κ2) is 14.9. The lowest BCUT2D eigenvalue weighted by Gasteiger charge is -2.39. The minimum absolute atomic E-state index is 0.0160. The van der Waals surface area contributed by atoms with Crippen LogP contribution in [0, 0.1) is 5.41 Å². The van der Waals surface area contributed by atoms with Crippen LogP contribution in [-0.2, 0) is 14.3 Å². The Kier molecular flexibility index (Phi) is 10.6. The molecule has 3 N–H and O–H groups in total. The van der Waals surface area contributed by atoms with Crippen molar-refractivity contribution >= 4 is 23.4 Å². The summed E-state index contributed by atoms with van der Waals surface area (Å²) in [6.07, 6.45) is -4.88. The molecule has 3 aliphatic heterocycles. The molecule has 4 heterocycles. The second-order valence-electron chi connectivity index (χ2n) is 13.4. The number of nitrogen functional groups attached to an aromatic ring is 1. The summed E-state index contributed by atoms with van der Waals surface area (Å²) >= 11 is 0. The van der Waals surface area contributed by atoms with Gasteiger partial charge in [0.1, 0.15) is 17.6 Å². The smallest absolute Gasteiger partial charge is 0.429 e. The van der Waals surface area contributed by atoms with Gasteiger partial charge < -0.3 is 39.8 Å². The predicted molar refractivity (Wildman–Crippen MR) is 183 cm³/mol. The molecule has 0 unspecified atom stereocenters. The lowest BCUT2D eigenvalue weighted by Crippen LogP contribution is -2.41. The number of hydrogen-bond acceptors (Lipinski definition) is 11. The number of nitrogens with one attached hydrogen (secondary N) is 1. The maximum absolute atomic E-state index is 15.0. The van der Waals surface area contributed by atoms with Crippen molar-refractivity contribution in [2.45, 2.75) is 64.5 Å². The Morgan fingerprint density at radius 1 is 1.00 bits per heavy atom. The van der Waals surface area contributed by atoms with Crippen molar-refractivity contribution in [2.24, 2.45) is 5.41 Å². The topological polar surface area (TPSA) is 124 Å². The van der Waals surface area contributed by atoms with Crippen LogP contribution in [0.2, 0.25) is 0 Å². The van der Waals surface area contributed by atoms with E-state index in [2.05, 4.69) is 15.3 Å². The number of morpholine rings is 1. The van der Waals surface area contributed by atoms with Gasteiger partial charge in [-0.1, -0.05) is 24.3 Å². The quantitative estimate of drug-likeness (QED) is 0.259. The van der Waals surface area contributed by atoms with Gasteiger partial charge in [0, 0.05) is 50.0 Å². The molecule has 0 aliphatic carbocycles. The highest BCUT2D eigenvalue weighted by Gasteiger charge is 2.46. The molecule has 0 bridgehead atoms. The van der Waals surface area contributed by atoms with Gasteiger partial charge in [0.2, 0.25) is 17.9 Å². The molecule has 1 spiro atoms. The van der Waals surface area contributed by atoms with E-state index < -0.39 is 12.3 Å². The van der Waals surface area contributed by atoms with E-state index >= 15 is 0 Å². The number of carbonyl (C=O) groups is 1. The number of alkyl halides is 3. The van der Waals surface area contributed by atoms with Crippen LogP contribution in [0.3, 0.4) is 0 Å². The Balaban J connectivity index is 1.24. The van der Waals surface area contributed by atoms with Gasteiger partial charge in [-0.05, 0) is 74.8 Å². The number of nitrogens with zero attached hydrogens (tertiary/aromatic N) is 4. The van der Waals surface area contributed by atoms with E-state index in [1.165, 1.54) is 12.1 Å². The summed E-state index contributed by atoms with van der Waals surface area (Å²) in [5.74, 6) is 0.415. The van der Waals surface area contributed by atoms with Crippen molar-refractivity contribution in [1.29, 1.82) is 0 Å². The van der Waals surface area contributed by atoms with Gasteiger partial charge in [0.05, 0.1) is 25.9 Å². The first-order valence-electron chi connectivity index (χ1n) is 17.2. The number of esters is 1. The third-order valence-electron chi connectivity index (χ3n) is 9.55. The highest BCUT2D eigenvalue weighted by molar-refractivity contribution is 5.76. The van der Waals surface area contributed by atoms with Gasteiger partial charge >= 0.3 is 12.1 Å². The zero-order valence-corrected chi connectivity index (χ0v) is 28.7. The molecule has 6 rings (SSSR count). The lowest BCUT2D eigenvalue weighted by molar-refractivity contribution is -0.198. The summed E-state index contributed by atoms with van der Waals surface area (Å²) in [7, 11) is 0. The van der Waals surface area contributed by atoms with E-state index in [-0.39, 0.29) is 40.9 Å². The Morgan fingerprint density at radius 2 is 1.70 bits per heavy atom. The number of piperidine rings is 1. The van der Waals surface area contributed by atoms with Crippen LogP contribution in [0.5, 0.6) is 11.6 Å². The Morgan fingerprint density at radius 3 is 2.36 bits per heavy atom. The number of rotatable bonds is 10. The third-order valence-corrected chi connectivity index (χ3v) is 9.55. The number of ether oxygens (including phenoxy) is 4. The molecule has 3 aromatic rings. The Hall–Kier alpha value is -4.30. The van der Waals surface area contributed by atoms with E-state index in [1.54, 1.807) is 19.1 Å². The lowest BCUT2D eigenvalue weighted by atomic mass is 9.76. The summed E-state index contributed by atoms with van der Waals surface area (Å²) in [4.78, 5) is 24.6. The first kappa shape index (κ1) is 35.5. The number of aromatic nitrogens is 2. The van der Waals surface area contributed by atoms with Crippen LogP contribution in [0.25, 0.3) is 11.1 Å². The number of halogens is 3. The monoisotopic (exact) mass is 698 g/mol. The summed E-state index contributed by atoms with van der Waals surface area (Å²) in [6, 6.07) is 13.5. The SMILES string of the molecule is CCOC(=O)[C@@H]1CC2(CCN(c3cc(O[C@H](c4ccc(-c5ccc(OC(C)C)cc5)cc4N4CCOCC4)C(F)(F)F)nc(N)n3)CC2)CN1. The zero-order chi connectivity index (χ0) is 35.5. The van der Waals surface area contributed by atoms with Crippen molar-refractivity contribution in [2.75, 3.05) is 68.1 Å². The molecule has 3 fully saturated rings. The van der Waals surface area contributed by atoms with Crippen LogP contribution >= 0.6 is 0 Å². The maximum atomic E-state index is 15.0. The van der Waals surface area contributed by atoms with Crippen LogP contribution in [0.4, 0.5) is 30.6 Å². The van der Waals surface area contributed by atoms with Gasteiger partial charge in [-0.3, -0.25) is 4.79 Å². The molecule has 3 saturated heterocycles. The van der Waals surface area contributed by atoms with E-state index in [0.29, 0.717) is 76.2 Å². The number of carbonyl (C=O) groups excluding carboxylic acids is 1. The van der Waals surface area contributed by atoms with Gasteiger partial charge in [0.15, 0.2) is 0 Å². The summed E-state index contributed by atoms with van der Waals surface area (Å²) in [5, 5.41) is 3.29. The third kappa shape index (κ3) is 8.18. The second-order valence-corrected chi connectivity index (χ2v) is 13.4. The van der Waals surface area contributed by atoms with Gasteiger partial charge in [-0.2, -0.15) is 23.1 Å². The zero-order valence-electron chi connectivity index (χ0n) is 28.7. The molecule has 270 valence electrons. The minimum Gasteiger partial charge on any atom is -0.491 e. The van der Waals surface area contributed by atoms with Crippen molar-refractivity contribution in [3.8, 4) is 22.8 Å². The average Bonchev–Trinajstić information content (AvgIpc) is 3.50. The van der Waals surface area contributed by atoms with E-state index in [4.69, 9.17) is 24.7 Å². The van der Waals surface area contributed by atoms with E-state index in [0.717, 1.165) is 24.0 Å². The van der Waals surface area contributed by atoms with Gasteiger partial charge in [-0.25, -0.2) is 0 Å². The van der Waals surface area contributed by atoms with Crippen LogP contribution in [0.1, 0.15) is 51.7 Å². The Labute approximate surface area is 290 Å². The number of hydrogen-bond donors (Lipinski definition) is 2. The molecule has 2 atom stereocenters. The number of benzene rings is 2. The van der Waals surface area contributed by atoms with Crippen molar-refractivity contribution in [3.63, 3.8) is 0 Å². The standard InChI is InChI=1S/C36H45F3N6O5/c1-4-48-33(46)28-21-35(22-41-28)11-13-45(14-12-35)30-20-31(43-34(40)42-30)50-32(36(37,38)39)27-10-7-25(19-29(27)44-15-17-47-18-16-44)24-5-8-26(9-6-24)49-23(2)3/h5-10,19-20,23,28,32,41H,4,11-18,21-22H2,1-3H3,(H2,40,42,43)/t28-,32+/m0/s1. The normalized spacial score (nSPS) is 19.9. The van der Waals surface area contributed by atoms with Gasteiger partial charge in [0.25, 0.3) is 0 Å². The molecular weight excluding hydrogens is 653 g/mol. The van der Waals surface area contributed by atoms with Crippen molar-refractivity contribution in [1.82, 2.24) is 15.3 Å². The van der Waals surface area contributed by atoms with Crippen molar-refractivity contribution in [3.05, 3.63) is 54.1 Å². The fraction of sp³-hybridized carbons (Fsp3) is 0.528. The highest BCUT2D eigenvalue weighted by Crippen LogP contribution is 2.44. The average molecular weight is 699 g/mol. The summed E-state index contributed by atoms with van der Waals surface area (Å²) < 4.78 is 67.1. The van der Waals surface area contributed by atoms with E-state index in [9.17, 15) is 18.0 Å². The molecule has 0 amide bonds. The largest absolute Gasteiger partial charge is 0.491 e. The molecule has 2 aromatic carbocycles. The highest BCUT2D eigenvalue weighted by atomic mass is 19.4. The van der Waals surface area contributed by atoms with Crippen LogP contribution in [-0.4, -0.2) is 86.8 Å². The fourth-order valence-electron chi connectivity index (χ4n) is 7.02. The molecule has 0 radical (unpaired) electrons. The predicted octanol–water partition coefficient (Wildman–Crippen LogP) is 5.54. The van der Waals surface area contributed by atoms with Gasteiger partial charge in [-0.15, -0.1) is 0 Å². The summed E-state index contributed by atoms with van der Waals surface area (Å²) in [6.45, 7) is 9.51. The minimum atomic E-state index is -4.78. The Bertz CT molecular complexity index is 1630. The molecule has 1 aromatic heterocycles. The molecule has 50 heavy (non-hydrogen) atoms. The fourth-order valence-corrected chi connectivity index (χ4v) is 7.02. The van der Waals surface area contributed by atoms with Crippen molar-refractivity contribution < 1.29 is 36.9 Å². The molecule has 11 nitrogen and oxygen atoms in total.